The topological polar surface area (TPSA) is 27.7 Å². The fourth-order valence-electron chi connectivity index (χ4n) is 4.89. The molecule has 6 rings (SSSR count). The molecule has 0 amide bonds. The van der Waals surface area contributed by atoms with Crippen molar-refractivity contribution in [2.45, 2.75) is 32.2 Å². The minimum atomic E-state index is -1.78. The highest BCUT2D eigenvalue weighted by atomic mass is 31.2. The van der Waals surface area contributed by atoms with Gasteiger partial charge in [0.15, 0.2) is 0 Å². The van der Waals surface area contributed by atoms with Crippen molar-refractivity contribution in [3.05, 3.63) is 91.0 Å². The molecule has 3 aliphatic rings. The van der Waals surface area contributed by atoms with Crippen LogP contribution < -0.4 is 15.9 Å². The summed E-state index contributed by atoms with van der Waals surface area (Å²) < 4.78 is 18.1. The number of benzene rings is 3. The number of rotatable bonds is 8. The average Bonchev–Trinajstić information content (AvgIpc) is 2.87. The Labute approximate surface area is 192 Å². The molecule has 0 radical (unpaired) electrons. The van der Waals surface area contributed by atoms with Gasteiger partial charge in [-0.25, -0.2) is 0 Å². The van der Waals surface area contributed by atoms with E-state index in [0.29, 0.717) is 0 Å². The number of hydrogen-bond donors (Lipinski definition) is 0. The Morgan fingerprint density at radius 3 is 1.44 bits per heavy atom. The summed E-state index contributed by atoms with van der Waals surface area (Å²) in [4.78, 5) is 0. The monoisotopic (exact) mass is 447 g/mol. The van der Waals surface area contributed by atoms with Gasteiger partial charge in [0.05, 0.1) is 26.0 Å². The molecule has 166 valence electrons. The first-order chi connectivity index (χ1) is 15.6. The predicted octanol–water partition coefficient (Wildman–Crippen LogP) is 4.89. The molecule has 0 atom stereocenters. The van der Waals surface area contributed by atoms with E-state index in [1.807, 2.05) is 0 Å². The van der Waals surface area contributed by atoms with Crippen LogP contribution in [0.4, 0.5) is 0 Å². The molecule has 0 saturated carbocycles. The van der Waals surface area contributed by atoms with E-state index >= 15 is 0 Å². The minimum absolute atomic E-state index is 0.0103. The Morgan fingerprint density at radius 1 is 0.625 bits per heavy atom. The molecule has 3 aliphatic heterocycles. The van der Waals surface area contributed by atoms with Crippen LogP contribution in [-0.4, -0.2) is 32.0 Å². The summed E-state index contributed by atoms with van der Waals surface area (Å²) in [7, 11) is -1.78. The minimum Gasteiger partial charge on any atom is -0.327 e. The van der Waals surface area contributed by atoms with Gasteiger partial charge >= 0.3 is 0 Å². The maximum Gasteiger partial charge on any atom is 0.282 e. The lowest BCUT2D eigenvalue weighted by Crippen LogP contribution is -2.58. The Balaban J connectivity index is 1.42. The van der Waals surface area contributed by atoms with Gasteiger partial charge in [0, 0.05) is 11.8 Å². The summed E-state index contributed by atoms with van der Waals surface area (Å²) in [5.41, 5.74) is 0.0103. The summed E-state index contributed by atoms with van der Waals surface area (Å²) in [6.45, 7) is 4.33. The second-order valence-electron chi connectivity index (χ2n) is 9.36. The second kappa shape index (κ2) is 9.08. The van der Waals surface area contributed by atoms with Crippen molar-refractivity contribution >= 4 is 23.2 Å². The van der Waals surface area contributed by atoms with Crippen LogP contribution in [0.3, 0.4) is 0 Å². The number of unbranched alkanes of at least 4 members (excludes halogenated alkanes) is 1. The van der Waals surface area contributed by atoms with E-state index in [9.17, 15) is 0 Å². The van der Waals surface area contributed by atoms with Crippen LogP contribution in [-0.2, 0) is 14.2 Å². The van der Waals surface area contributed by atoms with E-state index in [1.165, 1.54) is 15.9 Å². The first-order valence-electron chi connectivity index (χ1n) is 11.6. The van der Waals surface area contributed by atoms with Crippen molar-refractivity contribution < 1.29 is 14.2 Å². The van der Waals surface area contributed by atoms with Gasteiger partial charge in [0.2, 0.25) is 0 Å². The smallest absolute Gasteiger partial charge is 0.282 e. The number of fused-ring (bicyclic) bond motifs is 3. The molecule has 2 bridgehead atoms. The van der Waals surface area contributed by atoms with Gasteiger partial charge in [-0.15, -0.1) is 0 Å². The lowest BCUT2D eigenvalue weighted by Gasteiger charge is -2.50. The molecule has 32 heavy (non-hydrogen) atoms. The standard InChI is InChI=1S/C28H32O3P/c1-27-21-29-28(30-22-27,31-23-27)19-11-12-20-32(24-13-5-2-6-14-24,25-15-7-3-8-16-25)26-17-9-4-10-18-26/h2-10,13-18H,11-12,19-23H2,1H3/q+1. The first-order valence-corrected chi connectivity index (χ1v) is 13.6. The maximum absolute atomic E-state index is 6.02. The molecular weight excluding hydrogens is 415 g/mol. The molecule has 3 fully saturated rings. The van der Waals surface area contributed by atoms with Crippen molar-refractivity contribution in [1.29, 1.82) is 0 Å². The molecule has 4 heteroatoms. The molecule has 3 nitrogen and oxygen atoms in total. The molecule has 0 aromatic heterocycles. The Hall–Kier alpha value is -2.03. The summed E-state index contributed by atoms with van der Waals surface area (Å²) in [5.74, 6) is -0.828. The maximum atomic E-state index is 6.02. The van der Waals surface area contributed by atoms with Crippen LogP contribution in [0.25, 0.3) is 0 Å². The Kier molecular flexibility index (Phi) is 6.18. The summed E-state index contributed by atoms with van der Waals surface area (Å²) in [5, 5.41) is 4.31. The van der Waals surface area contributed by atoms with Gasteiger partial charge in [-0.05, 0) is 49.2 Å². The summed E-state index contributed by atoms with van der Waals surface area (Å²) >= 11 is 0. The van der Waals surface area contributed by atoms with Gasteiger partial charge in [-0.1, -0.05) is 61.5 Å². The highest BCUT2D eigenvalue weighted by molar-refractivity contribution is 7.95. The molecule has 0 unspecified atom stereocenters. The molecule has 0 aliphatic carbocycles. The molecule has 0 spiro atoms. The van der Waals surface area contributed by atoms with E-state index in [4.69, 9.17) is 14.2 Å². The molecule has 0 N–H and O–H groups in total. The van der Waals surface area contributed by atoms with E-state index < -0.39 is 13.2 Å². The SMILES string of the molecule is CC12COC(CCCC[P+](c3ccccc3)(c3ccccc3)c3ccccc3)(OC1)OC2. The van der Waals surface area contributed by atoms with Gasteiger partial charge in [0.1, 0.15) is 23.2 Å². The van der Waals surface area contributed by atoms with Crippen molar-refractivity contribution in [1.82, 2.24) is 0 Å². The van der Waals surface area contributed by atoms with Crippen LogP contribution in [0.2, 0.25) is 0 Å². The fraction of sp³-hybridized carbons (Fsp3) is 0.357. The predicted molar refractivity (Wildman–Crippen MR) is 133 cm³/mol. The molecular formula is C28H32O3P+. The lowest BCUT2D eigenvalue weighted by atomic mass is 9.91. The van der Waals surface area contributed by atoms with E-state index in [1.54, 1.807) is 0 Å². The average molecular weight is 448 g/mol. The van der Waals surface area contributed by atoms with Crippen LogP contribution in [0.5, 0.6) is 0 Å². The third-order valence-electron chi connectivity index (χ3n) is 6.74. The summed E-state index contributed by atoms with van der Waals surface area (Å²) in [6.07, 6.45) is 3.98. The van der Waals surface area contributed by atoms with E-state index in [2.05, 4.69) is 97.9 Å². The van der Waals surface area contributed by atoms with Gasteiger partial charge in [-0.2, -0.15) is 0 Å². The van der Waals surface area contributed by atoms with Crippen LogP contribution in [0.1, 0.15) is 26.2 Å². The number of hydrogen-bond acceptors (Lipinski definition) is 3. The third-order valence-corrected chi connectivity index (χ3v) is 11.3. The normalized spacial score (nSPS) is 25.0. The largest absolute Gasteiger partial charge is 0.327 e. The van der Waals surface area contributed by atoms with E-state index in [0.717, 1.165) is 45.2 Å². The van der Waals surface area contributed by atoms with Crippen LogP contribution in [0, 0.1) is 5.41 Å². The highest BCUT2D eigenvalue weighted by Crippen LogP contribution is 2.56. The molecule has 3 saturated heterocycles. The van der Waals surface area contributed by atoms with Crippen molar-refractivity contribution in [3.63, 3.8) is 0 Å². The van der Waals surface area contributed by atoms with Crippen molar-refractivity contribution in [2.75, 3.05) is 26.0 Å². The molecule has 3 heterocycles. The molecule has 3 aromatic carbocycles. The van der Waals surface area contributed by atoms with Crippen molar-refractivity contribution in [3.8, 4) is 0 Å². The zero-order valence-corrected chi connectivity index (χ0v) is 19.7. The Bertz CT molecular complexity index is 885. The van der Waals surface area contributed by atoms with Gasteiger partial charge in [0.25, 0.3) is 5.97 Å². The van der Waals surface area contributed by atoms with Crippen molar-refractivity contribution in [2.24, 2.45) is 5.41 Å². The zero-order chi connectivity index (χ0) is 21.9. The van der Waals surface area contributed by atoms with Crippen LogP contribution >= 0.6 is 7.26 Å². The summed E-state index contributed by atoms with van der Waals surface area (Å²) in [6, 6.07) is 33.2. The zero-order valence-electron chi connectivity index (χ0n) is 18.8. The highest BCUT2D eigenvalue weighted by Gasteiger charge is 2.50. The van der Waals surface area contributed by atoms with Crippen LogP contribution in [0.15, 0.2) is 91.0 Å². The van der Waals surface area contributed by atoms with Gasteiger partial charge < -0.3 is 14.2 Å². The lowest BCUT2D eigenvalue weighted by molar-refractivity contribution is -0.467. The fourth-order valence-corrected chi connectivity index (χ4v) is 9.30. The Morgan fingerprint density at radius 2 is 1.03 bits per heavy atom. The first kappa shape index (κ1) is 21.8. The molecule has 3 aromatic rings. The van der Waals surface area contributed by atoms with Gasteiger partial charge in [-0.3, -0.25) is 0 Å². The quantitative estimate of drug-likeness (QED) is 0.364. The third kappa shape index (κ3) is 4.16. The number of ether oxygens (including phenoxy) is 3. The second-order valence-corrected chi connectivity index (χ2v) is 13.0. The van der Waals surface area contributed by atoms with E-state index in [-0.39, 0.29) is 5.41 Å².